The second kappa shape index (κ2) is 6.42. The van der Waals surface area contributed by atoms with Crippen molar-refractivity contribution >= 4 is 11.3 Å². The lowest BCUT2D eigenvalue weighted by Crippen LogP contribution is -1.93. The van der Waals surface area contributed by atoms with E-state index in [9.17, 15) is 0 Å². The van der Waals surface area contributed by atoms with Crippen LogP contribution < -0.4 is 9.47 Å². The van der Waals surface area contributed by atoms with Gasteiger partial charge in [0.05, 0.1) is 30.6 Å². The summed E-state index contributed by atoms with van der Waals surface area (Å²) in [5, 5.41) is 7.52. The molecule has 3 aromatic rings. The highest BCUT2D eigenvalue weighted by molar-refractivity contribution is 7.10. The van der Waals surface area contributed by atoms with Gasteiger partial charge in [0.15, 0.2) is 11.5 Å². The van der Waals surface area contributed by atoms with Crippen LogP contribution in [0.15, 0.2) is 29.8 Å². The number of ether oxygens (including phenoxy) is 2. The molecule has 0 radical (unpaired) electrons. The molecule has 2 heterocycles. The van der Waals surface area contributed by atoms with Gasteiger partial charge in [-0.15, -0.1) is 11.3 Å². The minimum Gasteiger partial charge on any atom is -0.493 e. The Morgan fingerprint density at radius 2 is 1.96 bits per heavy atom. The number of benzene rings is 1. The maximum atomic E-state index is 5.35. The van der Waals surface area contributed by atoms with E-state index in [0.717, 1.165) is 45.4 Å². The van der Waals surface area contributed by atoms with Gasteiger partial charge in [-0.05, 0) is 24.6 Å². The van der Waals surface area contributed by atoms with Gasteiger partial charge < -0.3 is 9.47 Å². The van der Waals surface area contributed by atoms with Gasteiger partial charge in [-0.3, -0.25) is 4.68 Å². The van der Waals surface area contributed by atoms with Crippen LogP contribution in [-0.4, -0.2) is 29.0 Å². The van der Waals surface area contributed by atoms with Crippen molar-refractivity contribution in [2.45, 2.75) is 13.3 Å². The molecule has 0 N–H and O–H groups in total. The fraction of sp³-hybridized carbons (Fsp3) is 0.294. The van der Waals surface area contributed by atoms with Crippen LogP contribution in [0, 0.1) is 6.92 Å². The molecule has 0 unspecified atom stereocenters. The molecule has 0 amide bonds. The summed E-state index contributed by atoms with van der Waals surface area (Å²) < 4.78 is 12.4. The van der Waals surface area contributed by atoms with Gasteiger partial charge in [0.2, 0.25) is 0 Å². The number of hydrogen-bond donors (Lipinski definition) is 0. The molecular weight excluding hydrogens is 310 g/mol. The van der Waals surface area contributed by atoms with Gasteiger partial charge >= 0.3 is 0 Å². The van der Waals surface area contributed by atoms with Crippen molar-refractivity contribution in [1.82, 2.24) is 14.8 Å². The molecule has 0 saturated carbocycles. The molecule has 6 heteroatoms. The highest BCUT2D eigenvalue weighted by Crippen LogP contribution is 2.30. The molecule has 0 saturated heterocycles. The second-order valence-corrected chi connectivity index (χ2v) is 6.24. The van der Waals surface area contributed by atoms with Crippen LogP contribution in [-0.2, 0) is 13.5 Å². The largest absolute Gasteiger partial charge is 0.493 e. The number of nitrogens with zero attached hydrogens (tertiary/aromatic N) is 3. The van der Waals surface area contributed by atoms with E-state index in [1.807, 2.05) is 43.0 Å². The minimum absolute atomic E-state index is 0.738. The van der Waals surface area contributed by atoms with Crippen molar-refractivity contribution < 1.29 is 9.47 Å². The van der Waals surface area contributed by atoms with E-state index in [-0.39, 0.29) is 0 Å². The molecule has 0 spiro atoms. The smallest absolute Gasteiger partial charge is 0.160 e. The van der Waals surface area contributed by atoms with Crippen molar-refractivity contribution in [2.75, 3.05) is 14.2 Å². The summed E-state index contributed by atoms with van der Waals surface area (Å²) in [6.07, 6.45) is 2.77. The minimum atomic E-state index is 0.738. The first-order valence-corrected chi connectivity index (χ1v) is 8.14. The van der Waals surface area contributed by atoms with Gasteiger partial charge in [0.1, 0.15) is 0 Å². The standard InChI is InChI=1S/C17H19N3O2S/c1-11-13(9-20(2)19-11)14-10-23-17(18-14)8-12-5-6-15(21-3)16(7-12)22-4/h5-7,9-10H,8H2,1-4H3. The predicted octanol–water partition coefficient (Wildman–Crippen LogP) is 3.46. The molecule has 5 nitrogen and oxygen atoms in total. The van der Waals surface area contributed by atoms with Crippen LogP contribution in [0.2, 0.25) is 0 Å². The van der Waals surface area contributed by atoms with E-state index >= 15 is 0 Å². The molecule has 2 aromatic heterocycles. The fourth-order valence-corrected chi connectivity index (χ4v) is 3.36. The van der Waals surface area contributed by atoms with E-state index in [1.54, 1.807) is 25.6 Å². The van der Waals surface area contributed by atoms with E-state index in [1.165, 1.54) is 0 Å². The quantitative estimate of drug-likeness (QED) is 0.719. The Balaban J connectivity index is 1.83. The summed E-state index contributed by atoms with van der Waals surface area (Å²) in [5.74, 6) is 1.48. The van der Waals surface area contributed by atoms with Gasteiger partial charge in [-0.25, -0.2) is 4.98 Å². The first-order chi connectivity index (χ1) is 11.1. The number of aromatic nitrogens is 3. The lowest BCUT2D eigenvalue weighted by Gasteiger charge is -2.08. The monoisotopic (exact) mass is 329 g/mol. The number of rotatable bonds is 5. The number of hydrogen-bond acceptors (Lipinski definition) is 5. The number of methoxy groups -OCH3 is 2. The molecule has 0 aliphatic rings. The van der Waals surface area contributed by atoms with Crippen LogP contribution >= 0.6 is 11.3 Å². The lowest BCUT2D eigenvalue weighted by molar-refractivity contribution is 0.354. The zero-order valence-corrected chi connectivity index (χ0v) is 14.5. The third-order valence-electron chi connectivity index (χ3n) is 3.64. The molecule has 0 aliphatic heterocycles. The highest BCUT2D eigenvalue weighted by atomic mass is 32.1. The summed E-state index contributed by atoms with van der Waals surface area (Å²) in [5.41, 5.74) is 4.21. The average Bonchev–Trinajstić information content (AvgIpc) is 3.13. The van der Waals surface area contributed by atoms with Crippen molar-refractivity contribution in [2.24, 2.45) is 7.05 Å². The summed E-state index contributed by atoms with van der Waals surface area (Å²) in [7, 11) is 5.21. The Kier molecular flexibility index (Phi) is 4.34. The Labute approximate surface area is 139 Å². The first-order valence-electron chi connectivity index (χ1n) is 7.26. The Morgan fingerprint density at radius 1 is 1.17 bits per heavy atom. The van der Waals surface area contributed by atoms with Crippen molar-refractivity contribution in [1.29, 1.82) is 0 Å². The van der Waals surface area contributed by atoms with E-state index in [2.05, 4.69) is 10.5 Å². The zero-order valence-electron chi connectivity index (χ0n) is 13.7. The third-order valence-corrected chi connectivity index (χ3v) is 4.49. The van der Waals surface area contributed by atoms with E-state index in [4.69, 9.17) is 14.5 Å². The maximum absolute atomic E-state index is 5.35. The summed E-state index contributed by atoms with van der Waals surface area (Å²) in [6, 6.07) is 5.96. The van der Waals surface area contributed by atoms with E-state index < -0.39 is 0 Å². The van der Waals surface area contributed by atoms with Crippen molar-refractivity contribution in [3.63, 3.8) is 0 Å². The molecule has 0 aliphatic carbocycles. The SMILES string of the molecule is COc1ccc(Cc2nc(-c3cn(C)nc3C)cs2)cc1OC. The van der Waals surface area contributed by atoms with Gasteiger partial charge in [-0.2, -0.15) is 5.10 Å². The Bertz CT molecular complexity index is 823. The molecule has 3 rings (SSSR count). The van der Waals surface area contributed by atoms with Crippen molar-refractivity contribution in [3.05, 3.63) is 46.0 Å². The van der Waals surface area contributed by atoms with Gasteiger partial charge in [-0.1, -0.05) is 6.07 Å². The molecule has 120 valence electrons. The Hall–Kier alpha value is -2.34. The van der Waals surface area contributed by atoms with Crippen LogP contribution in [0.5, 0.6) is 11.5 Å². The summed E-state index contributed by atoms with van der Waals surface area (Å²) >= 11 is 1.66. The van der Waals surface area contributed by atoms with Crippen LogP contribution in [0.4, 0.5) is 0 Å². The zero-order chi connectivity index (χ0) is 16.4. The third kappa shape index (κ3) is 3.22. The maximum Gasteiger partial charge on any atom is 0.160 e. The lowest BCUT2D eigenvalue weighted by atomic mass is 10.1. The van der Waals surface area contributed by atoms with E-state index in [0.29, 0.717) is 0 Å². The molecule has 1 aromatic carbocycles. The number of thiazole rings is 1. The fourth-order valence-electron chi connectivity index (χ4n) is 2.53. The molecule has 23 heavy (non-hydrogen) atoms. The summed E-state index contributed by atoms with van der Waals surface area (Å²) in [6.45, 7) is 2.00. The van der Waals surface area contributed by atoms with Crippen LogP contribution in [0.25, 0.3) is 11.3 Å². The predicted molar refractivity (Wildman–Crippen MR) is 91.4 cm³/mol. The van der Waals surface area contributed by atoms with Gasteiger partial charge in [0, 0.05) is 30.6 Å². The molecule has 0 fully saturated rings. The Morgan fingerprint density at radius 3 is 2.61 bits per heavy atom. The number of aryl methyl sites for hydroxylation is 2. The molecular formula is C17H19N3O2S. The van der Waals surface area contributed by atoms with Crippen LogP contribution in [0.1, 0.15) is 16.3 Å². The molecule has 0 bridgehead atoms. The van der Waals surface area contributed by atoms with Crippen molar-refractivity contribution in [3.8, 4) is 22.8 Å². The van der Waals surface area contributed by atoms with Gasteiger partial charge in [0.25, 0.3) is 0 Å². The highest BCUT2D eigenvalue weighted by Gasteiger charge is 2.11. The van der Waals surface area contributed by atoms with Crippen LogP contribution in [0.3, 0.4) is 0 Å². The first kappa shape index (κ1) is 15.6. The topological polar surface area (TPSA) is 49.2 Å². The molecule has 0 atom stereocenters. The normalized spacial score (nSPS) is 10.8. The average molecular weight is 329 g/mol. The second-order valence-electron chi connectivity index (χ2n) is 5.29. The summed E-state index contributed by atoms with van der Waals surface area (Å²) in [4.78, 5) is 4.74.